The van der Waals surface area contributed by atoms with E-state index in [1.54, 1.807) is 0 Å². The van der Waals surface area contributed by atoms with Gasteiger partial charge in [-0.2, -0.15) is 0 Å². The molecule has 0 aliphatic heterocycles. The number of carboxylic acid groups (broad SMARTS) is 1. The van der Waals surface area contributed by atoms with Crippen LogP contribution < -0.4 is 4.74 Å². The number of ether oxygens (including phenoxy) is 1. The topological polar surface area (TPSA) is 46.5 Å². The van der Waals surface area contributed by atoms with E-state index >= 15 is 0 Å². The lowest BCUT2D eigenvalue weighted by Crippen LogP contribution is -2.06. The smallest absolute Gasteiger partial charge is 0.303 e. The van der Waals surface area contributed by atoms with Gasteiger partial charge in [-0.05, 0) is 44.4 Å². The standard InChI is InChI=1S/C13H17ClO3/c1-9(2)17-12-7-6-10(8-11(12)14)4-3-5-13(15)16/h6-9H,3-5H2,1-2H3,(H,15,16). The van der Waals surface area contributed by atoms with E-state index in [1.165, 1.54) is 0 Å². The van der Waals surface area contributed by atoms with Crippen LogP contribution in [-0.4, -0.2) is 17.2 Å². The number of carboxylic acids is 1. The summed E-state index contributed by atoms with van der Waals surface area (Å²) in [6, 6.07) is 5.59. The number of aliphatic carboxylic acids is 1. The highest BCUT2D eigenvalue weighted by molar-refractivity contribution is 6.32. The average molecular weight is 257 g/mol. The molecule has 0 fully saturated rings. The molecule has 0 aliphatic carbocycles. The van der Waals surface area contributed by atoms with Gasteiger partial charge in [-0.15, -0.1) is 0 Å². The van der Waals surface area contributed by atoms with E-state index in [2.05, 4.69) is 0 Å². The second-order valence-electron chi connectivity index (χ2n) is 4.18. The van der Waals surface area contributed by atoms with E-state index in [9.17, 15) is 4.79 Å². The molecule has 0 bridgehead atoms. The van der Waals surface area contributed by atoms with E-state index in [4.69, 9.17) is 21.4 Å². The van der Waals surface area contributed by atoms with Gasteiger partial charge in [0.25, 0.3) is 0 Å². The SMILES string of the molecule is CC(C)Oc1ccc(CCCC(=O)O)cc1Cl. The fourth-order valence-corrected chi connectivity index (χ4v) is 1.74. The second-order valence-corrected chi connectivity index (χ2v) is 4.59. The van der Waals surface area contributed by atoms with Crippen LogP contribution in [-0.2, 0) is 11.2 Å². The van der Waals surface area contributed by atoms with Gasteiger partial charge in [0.2, 0.25) is 0 Å². The van der Waals surface area contributed by atoms with Gasteiger partial charge in [-0.25, -0.2) is 0 Å². The van der Waals surface area contributed by atoms with Crippen molar-refractivity contribution in [3.05, 3.63) is 28.8 Å². The molecule has 1 N–H and O–H groups in total. The Hall–Kier alpha value is -1.22. The van der Waals surface area contributed by atoms with E-state index in [1.807, 2.05) is 32.0 Å². The molecule has 94 valence electrons. The van der Waals surface area contributed by atoms with Gasteiger partial charge in [-0.1, -0.05) is 17.7 Å². The molecule has 0 aliphatic rings. The van der Waals surface area contributed by atoms with Gasteiger partial charge in [-0.3, -0.25) is 4.79 Å². The Morgan fingerprint density at radius 3 is 2.71 bits per heavy atom. The first-order valence-electron chi connectivity index (χ1n) is 5.66. The highest BCUT2D eigenvalue weighted by Gasteiger charge is 2.05. The van der Waals surface area contributed by atoms with Crippen molar-refractivity contribution in [3.63, 3.8) is 0 Å². The van der Waals surface area contributed by atoms with Gasteiger partial charge in [0.1, 0.15) is 5.75 Å². The quantitative estimate of drug-likeness (QED) is 0.847. The molecule has 1 rings (SSSR count). The lowest BCUT2D eigenvalue weighted by molar-refractivity contribution is -0.137. The van der Waals surface area contributed by atoms with Crippen LogP contribution in [0.5, 0.6) is 5.75 Å². The molecule has 1 aromatic carbocycles. The molecule has 3 nitrogen and oxygen atoms in total. The molecule has 17 heavy (non-hydrogen) atoms. The summed E-state index contributed by atoms with van der Waals surface area (Å²) in [5.41, 5.74) is 1.03. The summed E-state index contributed by atoms with van der Waals surface area (Å²) >= 11 is 6.07. The van der Waals surface area contributed by atoms with Crippen LogP contribution in [0.4, 0.5) is 0 Å². The lowest BCUT2D eigenvalue weighted by atomic mass is 10.1. The highest BCUT2D eigenvalue weighted by Crippen LogP contribution is 2.26. The Morgan fingerprint density at radius 2 is 2.18 bits per heavy atom. The monoisotopic (exact) mass is 256 g/mol. The minimum Gasteiger partial charge on any atom is -0.489 e. The Balaban J connectivity index is 2.59. The summed E-state index contributed by atoms with van der Waals surface area (Å²) in [6.45, 7) is 3.88. The molecule has 0 spiro atoms. The third-order valence-electron chi connectivity index (χ3n) is 2.22. The Kier molecular flexibility index (Phi) is 5.29. The van der Waals surface area contributed by atoms with Crippen LogP contribution in [0, 0.1) is 0 Å². The van der Waals surface area contributed by atoms with Crippen molar-refractivity contribution < 1.29 is 14.6 Å². The summed E-state index contributed by atoms with van der Waals surface area (Å²) in [5, 5.41) is 9.12. The fraction of sp³-hybridized carbons (Fsp3) is 0.462. The molecule has 0 saturated heterocycles. The molecule has 0 amide bonds. The minimum atomic E-state index is -0.768. The molecular weight excluding hydrogens is 240 g/mol. The van der Waals surface area contributed by atoms with Crippen LogP contribution >= 0.6 is 11.6 Å². The van der Waals surface area contributed by atoms with Gasteiger partial charge in [0.15, 0.2) is 0 Å². The van der Waals surface area contributed by atoms with Crippen LogP contribution in [0.3, 0.4) is 0 Å². The molecule has 0 atom stereocenters. The number of rotatable bonds is 6. The number of hydrogen-bond acceptors (Lipinski definition) is 2. The normalized spacial score (nSPS) is 10.6. The summed E-state index contributed by atoms with van der Waals surface area (Å²) in [5.74, 6) is -0.0977. The molecular formula is C13H17ClO3. The zero-order valence-corrected chi connectivity index (χ0v) is 10.8. The lowest BCUT2D eigenvalue weighted by Gasteiger charge is -2.12. The summed E-state index contributed by atoms with van der Waals surface area (Å²) in [4.78, 5) is 10.4. The third kappa shape index (κ3) is 5.09. The number of benzene rings is 1. The summed E-state index contributed by atoms with van der Waals surface area (Å²) < 4.78 is 5.52. The largest absolute Gasteiger partial charge is 0.489 e. The number of carbonyl (C=O) groups is 1. The number of hydrogen-bond donors (Lipinski definition) is 1. The van der Waals surface area contributed by atoms with Crippen LogP contribution in [0.15, 0.2) is 18.2 Å². The number of halogens is 1. The van der Waals surface area contributed by atoms with Gasteiger partial charge < -0.3 is 9.84 Å². The van der Waals surface area contributed by atoms with Crippen LogP contribution in [0.1, 0.15) is 32.3 Å². The maximum atomic E-state index is 10.4. The van der Waals surface area contributed by atoms with Crippen molar-refractivity contribution in [2.45, 2.75) is 39.2 Å². The first-order valence-corrected chi connectivity index (χ1v) is 6.03. The number of aryl methyl sites for hydroxylation is 1. The van der Waals surface area contributed by atoms with E-state index in [0.29, 0.717) is 23.6 Å². The van der Waals surface area contributed by atoms with Crippen molar-refractivity contribution in [2.75, 3.05) is 0 Å². The van der Waals surface area contributed by atoms with Crippen molar-refractivity contribution in [2.24, 2.45) is 0 Å². The Bertz CT molecular complexity index is 388. The van der Waals surface area contributed by atoms with Crippen LogP contribution in [0.25, 0.3) is 0 Å². The maximum Gasteiger partial charge on any atom is 0.303 e. The molecule has 1 aromatic rings. The van der Waals surface area contributed by atoms with Crippen molar-refractivity contribution in [1.29, 1.82) is 0 Å². The molecule has 0 unspecified atom stereocenters. The van der Waals surface area contributed by atoms with Crippen LogP contribution in [0.2, 0.25) is 5.02 Å². The fourth-order valence-electron chi connectivity index (χ4n) is 1.49. The maximum absolute atomic E-state index is 10.4. The average Bonchev–Trinajstić information content (AvgIpc) is 2.21. The van der Waals surface area contributed by atoms with E-state index < -0.39 is 5.97 Å². The summed E-state index contributed by atoms with van der Waals surface area (Å²) in [7, 11) is 0. The second kappa shape index (κ2) is 6.50. The zero-order chi connectivity index (χ0) is 12.8. The predicted molar refractivity (Wildman–Crippen MR) is 67.8 cm³/mol. The van der Waals surface area contributed by atoms with Crippen molar-refractivity contribution >= 4 is 17.6 Å². The minimum absolute atomic E-state index is 0.0883. The Labute approximate surface area is 106 Å². The van der Waals surface area contributed by atoms with E-state index in [-0.39, 0.29) is 12.5 Å². The summed E-state index contributed by atoms with van der Waals surface area (Å²) in [6.07, 6.45) is 1.61. The molecule has 0 radical (unpaired) electrons. The molecule has 4 heteroatoms. The third-order valence-corrected chi connectivity index (χ3v) is 2.51. The van der Waals surface area contributed by atoms with Crippen molar-refractivity contribution in [1.82, 2.24) is 0 Å². The molecule has 0 aromatic heterocycles. The van der Waals surface area contributed by atoms with E-state index in [0.717, 1.165) is 5.56 Å². The first kappa shape index (κ1) is 13.8. The van der Waals surface area contributed by atoms with Gasteiger partial charge in [0.05, 0.1) is 11.1 Å². The Morgan fingerprint density at radius 1 is 1.47 bits per heavy atom. The molecule has 0 saturated carbocycles. The van der Waals surface area contributed by atoms with Gasteiger partial charge in [0, 0.05) is 6.42 Å². The predicted octanol–water partition coefficient (Wildman–Crippen LogP) is 3.53. The first-order chi connectivity index (χ1) is 7.99. The van der Waals surface area contributed by atoms with Gasteiger partial charge >= 0.3 is 5.97 Å². The molecule has 0 heterocycles. The van der Waals surface area contributed by atoms with Crippen molar-refractivity contribution in [3.8, 4) is 5.75 Å². The zero-order valence-electron chi connectivity index (χ0n) is 10.1. The highest BCUT2D eigenvalue weighted by atomic mass is 35.5.